The first-order valence-electron chi connectivity index (χ1n) is 8.64. The number of aliphatic carboxylic acids is 1. The summed E-state index contributed by atoms with van der Waals surface area (Å²) in [5, 5.41) is 8.91. The fraction of sp³-hybridized carbons (Fsp3) is 0.778. The number of rotatable bonds is 13. The molecule has 1 atom stereocenters. The maximum Gasteiger partial charge on any atom is 0.330 e. The summed E-state index contributed by atoms with van der Waals surface area (Å²) < 4.78 is 5.82. The van der Waals surface area contributed by atoms with Crippen molar-refractivity contribution in [2.75, 3.05) is 27.7 Å². The summed E-state index contributed by atoms with van der Waals surface area (Å²) in [6, 6.07) is 0. The van der Waals surface area contributed by atoms with Gasteiger partial charge in [0.05, 0.1) is 27.6 Å². The number of allylic oxidation sites excluding steroid dienone is 1. The number of hydrogen-bond donors (Lipinski definition) is 1. The van der Waals surface area contributed by atoms with Crippen molar-refractivity contribution in [1.29, 1.82) is 0 Å². The van der Waals surface area contributed by atoms with E-state index in [-0.39, 0.29) is 6.42 Å². The second-order valence-electron chi connectivity index (χ2n) is 7.09. The van der Waals surface area contributed by atoms with E-state index in [2.05, 4.69) is 6.92 Å². The Morgan fingerprint density at radius 3 is 2.26 bits per heavy atom. The van der Waals surface area contributed by atoms with Gasteiger partial charge in [0.1, 0.15) is 6.54 Å². The van der Waals surface area contributed by atoms with Crippen molar-refractivity contribution >= 4 is 11.9 Å². The summed E-state index contributed by atoms with van der Waals surface area (Å²) in [5.74, 6) is -1.40. The molecule has 0 aliphatic carbocycles. The van der Waals surface area contributed by atoms with Gasteiger partial charge in [-0.05, 0) is 12.8 Å². The third-order valence-corrected chi connectivity index (χ3v) is 3.41. The predicted octanol–water partition coefficient (Wildman–Crippen LogP) is 3.39. The van der Waals surface area contributed by atoms with Gasteiger partial charge in [-0.15, -0.1) is 0 Å². The van der Waals surface area contributed by atoms with Gasteiger partial charge in [-0.1, -0.05) is 45.1 Å². The van der Waals surface area contributed by atoms with Gasteiger partial charge < -0.3 is 14.3 Å². The third kappa shape index (κ3) is 15.3. The highest BCUT2D eigenvalue weighted by molar-refractivity contribution is 5.82. The molecule has 0 aromatic carbocycles. The lowest BCUT2D eigenvalue weighted by Crippen LogP contribution is -2.43. The molecule has 0 saturated carbocycles. The number of carboxylic acids is 1. The molecule has 0 heterocycles. The molecule has 134 valence electrons. The quantitative estimate of drug-likeness (QED) is 0.244. The van der Waals surface area contributed by atoms with Gasteiger partial charge in [-0.2, -0.15) is 0 Å². The van der Waals surface area contributed by atoms with Gasteiger partial charge in [0.15, 0.2) is 6.10 Å². The molecule has 0 amide bonds. The van der Waals surface area contributed by atoms with Gasteiger partial charge in [-0.25, -0.2) is 4.79 Å². The molecular weight excluding hydrogens is 294 g/mol. The van der Waals surface area contributed by atoms with Gasteiger partial charge in [0, 0.05) is 6.08 Å². The number of carboxylic acid groups (broad SMARTS) is 1. The van der Waals surface area contributed by atoms with Crippen LogP contribution in [-0.4, -0.2) is 55.3 Å². The number of unbranched alkanes of at least 4 members (excludes halogenated alkanes) is 6. The standard InChI is InChI=1S/C18H33NO4/c1-5-6-7-8-9-10-11-12-13-18(22)23-16(14-17(20)21)15-19(2,3)4/h12-13,16H,5-11,14-15H2,1-4H3/p+1/b13-12+. The third-order valence-electron chi connectivity index (χ3n) is 3.41. The van der Waals surface area contributed by atoms with Gasteiger partial charge >= 0.3 is 11.9 Å². The average Bonchev–Trinajstić information content (AvgIpc) is 2.39. The van der Waals surface area contributed by atoms with Crippen LogP contribution in [0.25, 0.3) is 0 Å². The van der Waals surface area contributed by atoms with Crippen LogP contribution in [0.4, 0.5) is 0 Å². The second kappa shape index (κ2) is 12.1. The summed E-state index contributed by atoms with van der Waals surface area (Å²) in [6.07, 6.45) is 10.7. The highest BCUT2D eigenvalue weighted by Crippen LogP contribution is 2.08. The van der Waals surface area contributed by atoms with Crippen LogP contribution in [0.2, 0.25) is 0 Å². The van der Waals surface area contributed by atoms with Crippen molar-refractivity contribution in [3.05, 3.63) is 12.2 Å². The summed E-state index contributed by atoms with van der Waals surface area (Å²) in [7, 11) is 5.82. The monoisotopic (exact) mass is 328 g/mol. The molecular formula is C18H34NO4+. The van der Waals surface area contributed by atoms with E-state index in [0.29, 0.717) is 11.0 Å². The zero-order valence-electron chi connectivity index (χ0n) is 15.2. The Morgan fingerprint density at radius 1 is 1.09 bits per heavy atom. The Bertz CT molecular complexity index is 372. The molecule has 1 N–H and O–H groups in total. The number of ether oxygens (including phenoxy) is 1. The van der Waals surface area contributed by atoms with Crippen molar-refractivity contribution in [1.82, 2.24) is 0 Å². The maximum atomic E-state index is 11.8. The van der Waals surface area contributed by atoms with Crippen LogP contribution in [0, 0.1) is 0 Å². The minimum atomic E-state index is -0.952. The lowest BCUT2D eigenvalue weighted by molar-refractivity contribution is -0.873. The fourth-order valence-corrected chi connectivity index (χ4v) is 2.37. The van der Waals surface area contributed by atoms with E-state index < -0.39 is 18.0 Å². The van der Waals surface area contributed by atoms with Gasteiger partial charge in [0.2, 0.25) is 0 Å². The van der Waals surface area contributed by atoms with Gasteiger partial charge in [0.25, 0.3) is 0 Å². The summed E-state index contributed by atoms with van der Waals surface area (Å²) in [6.45, 7) is 2.67. The number of nitrogens with zero attached hydrogens (tertiary/aromatic N) is 1. The zero-order chi connectivity index (χ0) is 17.7. The molecule has 0 radical (unpaired) electrons. The van der Waals surface area contributed by atoms with Crippen molar-refractivity contribution in [3.8, 4) is 0 Å². The Labute approximate surface area is 140 Å². The zero-order valence-corrected chi connectivity index (χ0v) is 15.2. The van der Waals surface area contributed by atoms with E-state index in [0.717, 1.165) is 12.8 Å². The van der Waals surface area contributed by atoms with E-state index in [1.807, 2.05) is 27.2 Å². The van der Waals surface area contributed by atoms with E-state index in [9.17, 15) is 9.59 Å². The van der Waals surface area contributed by atoms with E-state index in [1.165, 1.54) is 38.2 Å². The number of likely N-dealkylation sites (N-methyl/N-ethyl adjacent to an activating group) is 1. The second-order valence-corrected chi connectivity index (χ2v) is 7.09. The van der Waals surface area contributed by atoms with Crippen LogP contribution in [0.15, 0.2) is 12.2 Å². The van der Waals surface area contributed by atoms with Crippen LogP contribution < -0.4 is 0 Å². The first-order valence-corrected chi connectivity index (χ1v) is 8.64. The number of carbonyl (C=O) groups excluding carboxylic acids is 1. The summed E-state index contributed by atoms with van der Waals surface area (Å²) in [4.78, 5) is 22.7. The lowest BCUT2D eigenvalue weighted by atomic mass is 10.1. The van der Waals surface area contributed by atoms with Gasteiger partial charge in [-0.3, -0.25) is 4.79 Å². The molecule has 0 rings (SSSR count). The molecule has 0 aliphatic heterocycles. The number of carbonyl (C=O) groups is 2. The molecule has 1 unspecified atom stereocenters. The van der Waals surface area contributed by atoms with Crippen LogP contribution >= 0.6 is 0 Å². The molecule has 23 heavy (non-hydrogen) atoms. The smallest absolute Gasteiger partial charge is 0.330 e. The van der Waals surface area contributed by atoms with Crippen molar-refractivity contribution in [2.45, 2.75) is 64.4 Å². The largest absolute Gasteiger partial charge is 0.481 e. The molecule has 5 heteroatoms. The Kier molecular flexibility index (Phi) is 11.4. The van der Waals surface area contributed by atoms with Crippen LogP contribution in [0.3, 0.4) is 0 Å². The predicted molar refractivity (Wildman–Crippen MR) is 92.2 cm³/mol. The first kappa shape index (κ1) is 21.6. The number of esters is 1. The molecule has 0 bridgehead atoms. The first-order chi connectivity index (χ1) is 10.7. The van der Waals surface area contributed by atoms with E-state index >= 15 is 0 Å². The molecule has 0 aliphatic rings. The molecule has 0 fully saturated rings. The van der Waals surface area contributed by atoms with Crippen LogP contribution in [-0.2, 0) is 14.3 Å². The summed E-state index contributed by atoms with van der Waals surface area (Å²) in [5.41, 5.74) is 0. The molecule has 5 nitrogen and oxygen atoms in total. The highest BCUT2D eigenvalue weighted by Gasteiger charge is 2.23. The maximum absolute atomic E-state index is 11.8. The molecule has 0 aromatic rings. The Morgan fingerprint density at radius 2 is 1.70 bits per heavy atom. The van der Waals surface area contributed by atoms with Crippen molar-refractivity contribution in [3.63, 3.8) is 0 Å². The van der Waals surface area contributed by atoms with Crippen LogP contribution in [0.1, 0.15) is 58.3 Å². The summed E-state index contributed by atoms with van der Waals surface area (Å²) >= 11 is 0. The fourth-order valence-electron chi connectivity index (χ4n) is 2.37. The number of hydrogen-bond acceptors (Lipinski definition) is 3. The van der Waals surface area contributed by atoms with Crippen molar-refractivity contribution in [2.24, 2.45) is 0 Å². The average molecular weight is 328 g/mol. The molecule has 0 aromatic heterocycles. The molecule has 0 spiro atoms. The topological polar surface area (TPSA) is 63.6 Å². The highest BCUT2D eigenvalue weighted by atomic mass is 16.5. The number of quaternary nitrogens is 1. The SMILES string of the molecule is CCCCCCCC/C=C/C(=O)OC(CC(=O)O)C[N+](C)(C)C. The molecule has 0 saturated heterocycles. The normalized spacial score (nSPS) is 13.2. The van der Waals surface area contributed by atoms with Crippen molar-refractivity contribution < 1.29 is 23.9 Å². The Balaban J connectivity index is 4.06. The minimum Gasteiger partial charge on any atom is -0.481 e. The van der Waals surface area contributed by atoms with E-state index in [1.54, 1.807) is 0 Å². The van der Waals surface area contributed by atoms with E-state index in [4.69, 9.17) is 9.84 Å². The Hall–Kier alpha value is -1.36. The lowest BCUT2D eigenvalue weighted by Gasteiger charge is -2.28. The van der Waals surface area contributed by atoms with Crippen LogP contribution in [0.5, 0.6) is 0 Å². The minimum absolute atomic E-state index is 0.160.